The molecule has 0 atom stereocenters. The molecule has 38 heavy (non-hydrogen) atoms. The lowest BCUT2D eigenvalue weighted by Gasteiger charge is -2.48. The highest BCUT2D eigenvalue weighted by Crippen LogP contribution is 2.39. The van der Waals surface area contributed by atoms with Gasteiger partial charge in [-0.25, -0.2) is 4.39 Å². The second-order valence-corrected chi connectivity index (χ2v) is 9.44. The summed E-state index contributed by atoms with van der Waals surface area (Å²) in [5, 5.41) is 0. The molecule has 0 spiro atoms. The third-order valence-electron chi connectivity index (χ3n) is 6.95. The number of amides is 1. The molecule has 1 aliphatic carbocycles. The molecule has 0 aromatic heterocycles. The largest absolute Gasteiger partial charge is 0.481 e. The number of rotatable bonds is 4. The average Bonchev–Trinajstić information content (AvgIpc) is 3.21. The molecular formula is C32H47FN2O3. The summed E-state index contributed by atoms with van der Waals surface area (Å²) in [5.74, 6) is 3.22. The molecule has 6 heteroatoms. The Balaban J connectivity index is 0.000000276. The van der Waals surface area contributed by atoms with Crippen LogP contribution in [0.15, 0.2) is 48.5 Å². The van der Waals surface area contributed by atoms with Gasteiger partial charge in [-0.15, -0.1) is 6.42 Å². The van der Waals surface area contributed by atoms with Gasteiger partial charge in [0.1, 0.15) is 18.2 Å². The van der Waals surface area contributed by atoms with E-state index in [1.807, 2.05) is 27.0 Å². The summed E-state index contributed by atoms with van der Waals surface area (Å²) in [6, 6.07) is 14.3. The first-order chi connectivity index (χ1) is 18.6. The number of hydrogen-bond acceptors (Lipinski definition) is 4. The van der Waals surface area contributed by atoms with E-state index < -0.39 is 0 Å². The van der Waals surface area contributed by atoms with E-state index in [1.54, 1.807) is 18.2 Å². The van der Waals surface area contributed by atoms with Crippen LogP contribution in [0.1, 0.15) is 63.5 Å². The van der Waals surface area contributed by atoms with Gasteiger partial charge in [-0.3, -0.25) is 4.79 Å². The molecule has 3 aliphatic heterocycles. The van der Waals surface area contributed by atoms with Crippen molar-refractivity contribution in [3.8, 4) is 18.1 Å². The van der Waals surface area contributed by atoms with Gasteiger partial charge in [0.15, 0.2) is 0 Å². The number of terminal acetylenes is 1. The smallest absolute Gasteiger partial charge is 0.204 e. The molecule has 3 saturated heterocycles. The van der Waals surface area contributed by atoms with Crippen LogP contribution in [-0.4, -0.2) is 51.3 Å². The van der Waals surface area contributed by atoms with Crippen LogP contribution in [0.5, 0.6) is 5.75 Å². The van der Waals surface area contributed by atoms with E-state index in [9.17, 15) is 4.39 Å². The molecule has 4 aliphatic rings. The minimum atomic E-state index is -0.178. The number of nitrogens with two attached hydrogens (primary N) is 1. The molecule has 6 rings (SSSR count). The van der Waals surface area contributed by atoms with Gasteiger partial charge in [-0.1, -0.05) is 50.5 Å². The van der Waals surface area contributed by atoms with Gasteiger partial charge in [0.2, 0.25) is 6.41 Å². The highest BCUT2D eigenvalue weighted by molar-refractivity contribution is 5.42. The molecule has 1 amide bonds. The lowest BCUT2D eigenvalue weighted by molar-refractivity contribution is -0.106. The lowest BCUT2D eigenvalue weighted by Crippen LogP contribution is -2.49. The van der Waals surface area contributed by atoms with Crippen LogP contribution in [0, 0.1) is 23.6 Å². The molecule has 2 bridgehead atoms. The molecule has 0 unspecified atom stereocenters. The van der Waals surface area contributed by atoms with Crippen LogP contribution >= 0.6 is 0 Å². The molecule has 210 valence electrons. The van der Waals surface area contributed by atoms with Gasteiger partial charge in [0.25, 0.3) is 0 Å². The quantitative estimate of drug-likeness (QED) is 0.300. The SMILES string of the molecule is C#CCOc1ccc2c(c1)CCCCC2.CC.COCC12CCN(CC1)CC2.Fc1ccccc1.NC=O. The van der Waals surface area contributed by atoms with Crippen molar-refractivity contribution in [1.29, 1.82) is 0 Å². The number of carbonyl (C=O) groups excluding carboxylic acids is 1. The van der Waals surface area contributed by atoms with Crippen LogP contribution in [-0.2, 0) is 22.4 Å². The summed E-state index contributed by atoms with van der Waals surface area (Å²) >= 11 is 0. The number of piperidine rings is 3. The summed E-state index contributed by atoms with van der Waals surface area (Å²) in [4.78, 5) is 11.2. The first kappa shape index (κ1) is 33.1. The lowest BCUT2D eigenvalue weighted by atomic mass is 9.73. The fourth-order valence-electron chi connectivity index (χ4n) is 4.93. The monoisotopic (exact) mass is 526 g/mol. The van der Waals surface area contributed by atoms with E-state index >= 15 is 0 Å². The number of methoxy groups -OCH3 is 1. The molecule has 2 aromatic rings. The molecule has 2 aromatic carbocycles. The van der Waals surface area contributed by atoms with Gasteiger partial charge in [0.05, 0.1) is 6.61 Å². The average molecular weight is 527 g/mol. The second-order valence-electron chi connectivity index (χ2n) is 9.44. The van der Waals surface area contributed by atoms with Gasteiger partial charge in [0, 0.05) is 7.11 Å². The number of aryl methyl sites for hydroxylation is 2. The third-order valence-corrected chi connectivity index (χ3v) is 6.95. The summed E-state index contributed by atoms with van der Waals surface area (Å²) in [7, 11) is 1.83. The Kier molecular flexibility index (Phi) is 17.6. The molecule has 3 heterocycles. The van der Waals surface area contributed by atoms with Crippen molar-refractivity contribution in [2.75, 3.05) is 40.0 Å². The van der Waals surface area contributed by atoms with Crippen LogP contribution in [0.3, 0.4) is 0 Å². The maximum Gasteiger partial charge on any atom is 0.204 e. The normalized spacial score (nSPS) is 20.3. The van der Waals surface area contributed by atoms with Gasteiger partial charge >= 0.3 is 0 Å². The maximum absolute atomic E-state index is 11.9. The van der Waals surface area contributed by atoms with E-state index in [1.165, 1.54) is 94.3 Å². The van der Waals surface area contributed by atoms with Crippen molar-refractivity contribution < 1.29 is 18.7 Å². The Hall–Kier alpha value is -2.88. The van der Waals surface area contributed by atoms with E-state index in [0.717, 1.165) is 12.4 Å². The number of nitrogens with zero attached hydrogens (tertiary/aromatic N) is 1. The van der Waals surface area contributed by atoms with Crippen molar-refractivity contribution in [3.05, 3.63) is 65.5 Å². The van der Waals surface area contributed by atoms with E-state index in [0.29, 0.717) is 12.0 Å². The Morgan fingerprint density at radius 1 is 1.00 bits per heavy atom. The van der Waals surface area contributed by atoms with Gasteiger partial charge in [-0.2, -0.15) is 0 Å². The van der Waals surface area contributed by atoms with Crippen LogP contribution in [0.2, 0.25) is 0 Å². The third kappa shape index (κ3) is 12.6. The minimum Gasteiger partial charge on any atom is -0.481 e. The standard InChI is InChI=1S/C14H16O.C9H17NO.C6H5F.C2H6.CH3NO/c1-2-10-15-14-9-8-12-6-4-3-5-7-13(12)11-14;1-11-8-9-2-5-10(6-3-9)7-4-9;7-6-4-2-1-3-5-6;1-2;2-1-3/h1,8-9,11H,3-7,10H2;2-8H2,1H3;1-5H;1-2H3;1H,(H2,2,3). The second kappa shape index (κ2) is 20.1. The summed E-state index contributed by atoms with van der Waals surface area (Å²) in [6.07, 6.45) is 15.9. The number of fused-ring (bicyclic) bond motifs is 4. The molecule has 2 N–H and O–H groups in total. The first-order valence-corrected chi connectivity index (χ1v) is 13.8. The minimum absolute atomic E-state index is 0.178. The summed E-state index contributed by atoms with van der Waals surface area (Å²) in [5.41, 5.74) is 7.67. The van der Waals surface area contributed by atoms with E-state index in [2.05, 4.69) is 28.7 Å². The molecule has 3 fully saturated rings. The Labute approximate surface area is 229 Å². The Morgan fingerprint density at radius 3 is 2.08 bits per heavy atom. The van der Waals surface area contributed by atoms with E-state index in [-0.39, 0.29) is 12.2 Å². The summed E-state index contributed by atoms with van der Waals surface area (Å²) < 4.78 is 22.6. The molecular weight excluding hydrogens is 479 g/mol. The Bertz CT molecular complexity index is 902. The van der Waals surface area contributed by atoms with Gasteiger partial charge in [-0.05, 0) is 105 Å². The number of hydrogen-bond donors (Lipinski definition) is 1. The Morgan fingerprint density at radius 2 is 1.58 bits per heavy atom. The van der Waals surface area contributed by atoms with Crippen molar-refractivity contribution in [2.45, 2.75) is 65.2 Å². The fraction of sp³-hybridized carbons (Fsp3) is 0.531. The van der Waals surface area contributed by atoms with Crippen molar-refractivity contribution in [1.82, 2.24) is 4.90 Å². The number of carbonyl (C=O) groups is 1. The topological polar surface area (TPSA) is 64.8 Å². The zero-order valence-electron chi connectivity index (χ0n) is 23.6. The van der Waals surface area contributed by atoms with Crippen LogP contribution < -0.4 is 10.5 Å². The number of benzene rings is 2. The zero-order chi connectivity index (χ0) is 28.1. The highest BCUT2D eigenvalue weighted by atomic mass is 19.1. The number of halogens is 1. The van der Waals surface area contributed by atoms with Crippen LogP contribution in [0.4, 0.5) is 4.39 Å². The molecule has 0 radical (unpaired) electrons. The summed E-state index contributed by atoms with van der Waals surface area (Å²) in [6.45, 7) is 9.27. The first-order valence-electron chi connectivity index (χ1n) is 13.8. The fourth-order valence-corrected chi connectivity index (χ4v) is 4.93. The van der Waals surface area contributed by atoms with Gasteiger partial charge < -0.3 is 20.1 Å². The number of primary amides is 1. The zero-order valence-corrected chi connectivity index (χ0v) is 23.6. The van der Waals surface area contributed by atoms with Crippen molar-refractivity contribution >= 4 is 6.41 Å². The van der Waals surface area contributed by atoms with Crippen LogP contribution in [0.25, 0.3) is 0 Å². The molecule has 5 nitrogen and oxygen atoms in total. The van der Waals surface area contributed by atoms with E-state index in [4.69, 9.17) is 20.7 Å². The predicted molar refractivity (Wildman–Crippen MR) is 155 cm³/mol. The molecule has 0 saturated carbocycles. The number of ether oxygens (including phenoxy) is 2. The van der Waals surface area contributed by atoms with Crippen molar-refractivity contribution in [3.63, 3.8) is 0 Å². The maximum atomic E-state index is 11.9. The predicted octanol–water partition coefficient (Wildman–Crippen LogP) is 6.04. The highest BCUT2D eigenvalue weighted by Gasteiger charge is 2.38. The van der Waals surface area contributed by atoms with Crippen molar-refractivity contribution in [2.24, 2.45) is 11.1 Å².